The van der Waals surface area contributed by atoms with E-state index in [0.29, 0.717) is 0 Å². The highest BCUT2D eigenvalue weighted by atomic mass is 32.2. The lowest BCUT2D eigenvalue weighted by molar-refractivity contribution is -0.122. The maximum absolute atomic E-state index is 11.7. The number of hydrogen-bond donors (Lipinski definition) is 1. The Kier molecular flexibility index (Phi) is 6.93. The van der Waals surface area contributed by atoms with Crippen LogP contribution in [0.4, 0.5) is 0 Å². The van der Waals surface area contributed by atoms with Crippen LogP contribution in [-0.4, -0.2) is 30.1 Å². The second-order valence-corrected chi connectivity index (χ2v) is 6.82. The molecule has 1 fully saturated rings. The zero-order chi connectivity index (χ0) is 14.9. The first-order chi connectivity index (χ1) is 10.3. The van der Waals surface area contributed by atoms with Gasteiger partial charge < -0.3 is 10.1 Å². The van der Waals surface area contributed by atoms with Gasteiger partial charge in [-0.25, -0.2) is 0 Å². The van der Waals surface area contributed by atoms with Crippen LogP contribution in [0.25, 0.3) is 0 Å². The number of amides is 1. The fraction of sp³-hybridized carbons (Fsp3) is 0.588. The van der Waals surface area contributed by atoms with E-state index >= 15 is 0 Å². The molecule has 1 aromatic rings. The highest BCUT2D eigenvalue weighted by Crippen LogP contribution is 2.28. The van der Waals surface area contributed by atoms with E-state index in [4.69, 9.17) is 4.74 Å². The van der Waals surface area contributed by atoms with Crippen LogP contribution in [0, 0.1) is 0 Å². The van der Waals surface area contributed by atoms with Crippen molar-refractivity contribution >= 4 is 17.7 Å². The number of nitrogens with one attached hydrogen (secondary N) is 1. The van der Waals surface area contributed by atoms with Gasteiger partial charge in [0.25, 0.3) is 5.91 Å². The molecular formula is C17H25NO2S. The van der Waals surface area contributed by atoms with E-state index in [1.165, 1.54) is 31.2 Å². The summed E-state index contributed by atoms with van der Waals surface area (Å²) in [5.74, 6) is 1.71. The summed E-state index contributed by atoms with van der Waals surface area (Å²) in [4.78, 5) is 11.7. The third-order valence-corrected chi connectivity index (χ3v) is 5.16. The van der Waals surface area contributed by atoms with Crippen LogP contribution in [0.3, 0.4) is 0 Å². The highest BCUT2D eigenvalue weighted by molar-refractivity contribution is 7.99. The van der Waals surface area contributed by atoms with E-state index in [9.17, 15) is 4.79 Å². The van der Waals surface area contributed by atoms with Gasteiger partial charge in [-0.2, -0.15) is 11.8 Å². The fourth-order valence-corrected chi connectivity index (χ4v) is 3.71. The van der Waals surface area contributed by atoms with Gasteiger partial charge in [-0.3, -0.25) is 4.79 Å². The first kappa shape index (κ1) is 16.2. The molecule has 1 aliphatic carbocycles. The zero-order valence-electron chi connectivity index (χ0n) is 12.8. The number of hydrogen-bond acceptors (Lipinski definition) is 3. The maximum atomic E-state index is 11.7. The third-order valence-electron chi connectivity index (χ3n) is 3.78. The van der Waals surface area contributed by atoms with Gasteiger partial charge in [0.2, 0.25) is 0 Å². The first-order valence-corrected chi connectivity index (χ1v) is 8.93. The van der Waals surface area contributed by atoms with Crippen molar-refractivity contribution in [3.8, 4) is 5.75 Å². The Morgan fingerprint density at radius 1 is 1.29 bits per heavy atom. The van der Waals surface area contributed by atoms with Crippen molar-refractivity contribution in [3.63, 3.8) is 0 Å². The number of aryl methyl sites for hydroxylation is 1. The van der Waals surface area contributed by atoms with E-state index < -0.39 is 0 Å². The van der Waals surface area contributed by atoms with Crippen molar-refractivity contribution < 1.29 is 9.53 Å². The number of carbonyl (C=O) groups is 1. The lowest BCUT2D eigenvalue weighted by atomic mass is 10.2. The summed E-state index contributed by atoms with van der Waals surface area (Å²) in [6, 6.07) is 7.90. The van der Waals surface area contributed by atoms with Crippen molar-refractivity contribution in [2.45, 2.75) is 44.3 Å². The predicted molar refractivity (Wildman–Crippen MR) is 89.0 cm³/mol. The Labute approximate surface area is 131 Å². The lowest BCUT2D eigenvalue weighted by Crippen LogP contribution is -2.30. The predicted octanol–water partition coefficient (Wildman–Crippen LogP) is 3.42. The molecule has 0 atom stereocenters. The zero-order valence-corrected chi connectivity index (χ0v) is 13.6. The number of benzene rings is 1. The maximum Gasteiger partial charge on any atom is 0.257 e. The summed E-state index contributed by atoms with van der Waals surface area (Å²) in [5.41, 5.74) is 1.27. The number of ether oxygens (including phenoxy) is 1. The smallest absolute Gasteiger partial charge is 0.257 e. The van der Waals surface area contributed by atoms with Crippen LogP contribution < -0.4 is 10.1 Å². The van der Waals surface area contributed by atoms with Crippen LogP contribution in [0.2, 0.25) is 0 Å². The second kappa shape index (κ2) is 8.98. The fourth-order valence-electron chi connectivity index (χ4n) is 2.49. The van der Waals surface area contributed by atoms with E-state index in [-0.39, 0.29) is 12.5 Å². The Balaban J connectivity index is 1.56. The van der Waals surface area contributed by atoms with Gasteiger partial charge in [0.1, 0.15) is 5.75 Å². The largest absolute Gasteiger partial charge is 0.484 e. The Bertz CT molecular complexity index is 427. The van der Waals surface area contributed by atoms with E-state index in [2.05, 4.69) is 12.2 Å². The Hall–Kier alpha value is -1.16. The van der Waals surface area contributed by atoms with Crippen molar-refractivity contribution in [1.82, 2.24) is 5.32 Å². The summed E-state index contributed by atoms with van der Waals surface area (Å²) < 4.78 is 5.48. The van der Waals surface area contributed by atoms with E-state index in [1.54, 1.807) is 0 Å². The Morgan fingerprint density at radius 2 is 2.00 bits per heavy atom. The lowest BCUT2D eigenvalue weighted by Gasteiger charge is -2.10. The molecule has 0 bridgehead atoms. The average Bonchev–Trinajstić information content (AvgIpc) is 3.03. The topological polar surface area (TPSA) is 38.3 Å². The SMILES string of the molecule is CCc1ccc(OCC(=O)NCCSC2CCCC2)cc1. The summed E-state index contributed by atoms with van der Waals surface area (Å²) in [5, 5.41) is 3.73. The molecule has 116 valence electrons. The normalized spacial score (nSPS) is 15.1. The molecule has 1 N–H and O–H groups in total. The molecule has 3 nitrogen and oxygen atoms in total. The molecule has 1 aromatic carbocycles. The minimum absolute atomic E-state index is 0.0402. The quantitative estimate of drug-likeness (QED) is 0.748. The summed E-state index contributed by atoms with van der Waals surface area (Å²) in [6.07, 6.45) is 6.44. The van der Waals surface area contributed by atoms with Crippen LogP contribution >= 0.6 is 11.8 Å². The molecule has 0 radical (unpaired) electrons. The first-order valence-electron chi connectivity index (χ1n) is 7.88. The van der Waals surface area contributed by atoms with Gasteiger partial charge in [-0.1, -0.05) is 31.9 Å². The molecule has 1 aliphatic rings. The second-order valence-electron chi connectivity index (χ2n) is 5.41. The summed E-state index contributed by atoms with van der Waals surface area (Å²) >= 11 is 1.99. The average molecular weight is 307 g/mol. The number of carbonyl (C=O) groups excluding carboxylic acids is 1. The molecule has 0 aromatic heterocycles. The van der Waals surface area contributed by atoms with Gasteiger partial charge in [-0.05, 0) is 37.0 Å². The number of rotatable bonds is 8. The van der Waals surface area contributed by atoms with E-state index in [0.717, 1.165) is 29.7 Å². The van der Waals surface area contributed by atoms with Crippen molar-refractivity contribution in [2.75, 3.05) is 18.9 Å². The molecule has 0 aliphatic heterocycles. The Morgan fingerprint density at radius 3 is 2.67 bits per heavy atom. The minimum Gasteiger partial charge on any atom is -0.484 e. The van der Waals surface area contributed by atoms with Crippen LogP contribution in [-0.2, 0) is 11.2 Å². The van der Waals surface area contributed by atoms with Crippen molar-refractivity contribution in [2.24, 2.45) is 0 Å². The monoisotopic (exact) mass is 307 g/mol. The highest BCUT2D eigenvalue weighted by Gasteiger charge is 2.14. The van der Waals surface area contributed by atoms with Crippen LogP contribution in [0.5, 0.6) is 5.75 Å². The van der Waals surface area contributed by atoms with Crippen LogP contribution in [0.15, 0.2) is 24.3 Å². The summed E-state index contributed by atoms with van der Waals surface area (Å²) in [6.45, 7) is 2.95. The number of thioether (sulfide) groups is 1. The standard InChI is InChI=1S/C17H25NO2S/c1-2-14-7-9-15(10-8-14)20-13-17(19)18-11-12-21-16-5-3-4-6-16/h7-10,16H,2-6,11-13H2,1H3,(H,18,19). The van der Waals surface area contributed by atoms with Crippen molar-refractivity contribution in [3.05, 3.63) is 29.8 Å². The molecule has 1 amide bonds. The molecule has 1 saturated carbocycles. The van der Waals surface area contributed by atoms with Gasteiger partial charge in [0.05, 0.1) is 0 Å². The minimum atomic E-state index is -0.0402. The molecule has 4 heteroatoms. The molecule has 0 saturated heterocycles. The van der Waals surface area contributed by atoms with Crippen molar-refractivity contribution in [1.29, 1.82) is 0 Å². The molecule has 0 spiro atoms. The van der Waals surface area contributed by atoms with E-state index in [1.807, 2.05) is 36.0 Å². The van der Waals surface area contributed by atoms with Gasteiger partial charge >= 0.3 is 0 Å². The molecular weight excluding hydrogens is 282 g/mol. The van der Waals surface area contributed by atoms with Gasteiger partial charge in [0, 0.05) is 17.5 Å². The van der Waals surface area contributed by atoms with Gasteiger partial charge in [-0.15, -0.1) is 0 Å². The molecule has 21 heavy (non-hydrogen) atoms. The van der Waals surface area contributed by atoms with Crippen LogP contribution in [0.1, 0.15) is 38.2 Å². The summed E-state index contributed by atoms with van der Waals surface area (Å²) in [7, 11) is 0. The molecule has 0 heterocycles. The van der Waals surface area contributed by atoms with Gasteiger partial charge in [0.15, 0.2) is 6.61 Å². The third kappa shape index (κ3) is 6.00. The molecule has 2 rings (SSSR count). The molecule has 0 unspecified atom stereocenters.